The van der Waals surface area contributed by atoms with E-state index in [9.17, 15) is 0 Å². The highest BCUT2D eigenvalue weighted by Crippen LogP contribution is 2.26. The molecule has 1 heterocycles. The van der Waals surface area contributed by atoms with Crippen LogP contribution in [0.1, 0.15) is 18.4 Å². The van der Waals surface area contributed by atoms with Crippen molar-refractivity contribution in [3.63, 3.8) is 0 Å². The van der Waals surface area contributed by atoms with Gasteiger partial charge in [0.1, 0.15) is 5.75 Å². The number of ether oxygens (including phenoxy) is 1. The van der Waals surface area contributed by atoms with E-state index >= 15 is 0 Å². The topological polar surface area (TPSA) is 39.1 Å². The average molecular weight is 243 g/mol. The Labute approximate surface area is 107 Å². The molecule has 0 radical (unpaired) electrons. The standard InChI is InChI=1S/C14H17N3O/c1-10-9-12(5-6-13(10)18-2)17-8-7-15-14(17)16-11-3-4-11/h5-9,11H,3-4H2,1-2H3,(H,15,16). The number of hydrogen-bond donors (Lipinski definition) is 1. The van der Waals surface area contributed by atoms with E-state index in [1.807, 2.05) is 31.5 Å². The van der Waals surface area contributed by atoms with E-state index in [4.69, 9.17) is 4.74 Å². The Morgan fingerprint density at radius 1 is 1.39 bits per heavy atom. The van der Waals surface area contributed by atoms with Gasteiger partial charge in [-0.15, -0.1) is 0 Å². The molecule has 1 aliphatic rings. The number of anilines is 1. The summed E-state index contributed by atoms with van der Waals surface area (Å²) in [6, 6.07) is 6.75. The molecule has 1 N–H and O–H groups in total. The van der Waals surface area contributed by atoms with Crippen molar-refractivity contribution < 1.29 is 4.74 Å². The van der Waals surface area contributed by atoms with Gasteiger partial charge in [-0.3, -0.25) is 4.57 Å². The number of rotatable bonds is 4. The molecule has 1 aliphatic carbocycles. The van der Waals surface area contributed by atoms with Gasteiger partial charge < -0.3 is 10.1 Å². The fourth-order valence-electron chi connectivity index (χ4n) is 2.04. The lowest BCUT2D eigenvalue weighted by Gasteiger charge is -2.11. The molecule has 4 heteroatoms. The summed E-state index contributed by atoms with van der Waals surface area (Å²) in [5.74, 6) is 1.83. The van der Waals surface area contributed by atoms with E-state index in [0.29, 0.717) is 6.04 Å². The van der Waals surface area contributed by atoms with E-state index in [0.717, 1.165) is 22.9 Å². The van der Waals surface area contributed by atoms with Gasteiger partial charge in [-0.25, -0.2) is 4.98 Å². The number of benzene rings is 1. The van der Waals surface area contributed by atoms with Crippen LogP contribution >= 0.6 is 0 Å². The summed E-state index contributed by atoms with van der Waals surface area (Å²) in [5, 5.41) is 3.43. The van der Waals surface area contributed by atoms with Crippen molar-refractivity contribution in [2.75, 3.05) is 12.4 Å². The predicted molar refractivity (Wildman–Crippen MR) is 71.5 cm³/mol. The average Bonchev–Trinajstić information content (AvgIpc) is 3.05. The smallest absolute Gasteiger partial charge is 0.207 e. The molecule has 3 rings (SSSR count). The maximum absolute atomic E-state index is 5.28. The summed E-state index contributed by atoms with van der Waals surface area (Å²) in [4.78, 5) is 4.37. The molecule has 0 saturated heterocycles. The van der Waals surface area contributed by atoms with E-state index in [1.165, 1.54) is 12.8 Å². The van der Waals surface area contributed by atoms with Crippen molar-refractivity contribution in [3.05, 3.63) is 36.2 Å². The highest BCUT2D eigenvalue weighted by atomic mass is 16.5. The van der Waals surface area contributed by atoms with Gasteiger partial charge in [-0.05, 0) is 43.5 Å². The first-order chi connectivity index (χ1) is 8.78. The Balaban J connectivity index is 1.93. The quantitative estimate of drug-likeness (QED) is 0.897. The van der Waals surface area contributed by atoms with Crippen molar-refractivity contribution in [2.45, 2.75) is 25.8 Å². The number of nitrogens with zero attached hydrogens (tertiary/aromatic N) is 2. The third kappa shape index (κ3) is 2.06. The Bertz CT molecular complexity index is 558. The highest BCUT2D eigenvalue weighted by molar-refractivity contribution is 5.48. The number of aromatic nitrogens is 2. The molecule has 0 atom stereocenters. The third-order valence-corrected chi connectivity index (χ3v) is 3.21. The summed E-state index contributed by atoms with van der Waals surface area (Å²) in [6.07, 6.45) is 6.29. The first-order valence-electron chi connectivity index (χ1n) is 6.23. The fourth-order valence-corrected chi connectivity index (χ4v) is 2.04. The molecular weight excluding hydrogens is 226 g/mol. The van der Waals surface area contributed by atoms with Crippen molar-refractivity contribution in [1.29, 1.82) is 0 Å². The number of imidazole rings is 1. The van der Waals surface area contributed by atoms with Crippen molar-refractivity contribution in [3.8, 4) is 11.4 Å². The molecule has 1 saturated carbocycles. The monoisotopic (exact) mass is 243 g/mol. The lowest BCUT2D eigenvalue weighted by atomic mass is 10.2. The molecule has 2 aromatic rings. The highest BCUT2D eigenvalue weighted by Gasteiger charge is 2.22. The molecule has 4 nitrogen and oxygen atoms in total. The summed E-state index contributed by atoms with van der Waals surface area (Å²) in [6.45, 7) is 2.05. The maximum Gasteiger partial charge on any atom is 0.207 e. The SMILES string of the molecule is COc1ccc(-n2ccnc2NC2CC2)cc1C. The number of hydrogen-bond acceptors (Lipinski definition) is 3. The minimum atomic E-state index is 0.602. The normalized spacial score (nSPS) is 14.6. The predicted octanol–water partition coefficient (Wildman–Crippen LogP) is 2.76. The first-order valence-corrected chi connectivity index (χ1v) is 6.23. The van der Waals surface area contributed by atoms with Crippen LogP contribution in [0.2, 0.25) is 0 Å². The zero-order chi connectivity index (χ0) is 12.5. The van der Waals surface area contributed by atoms with Gasteiger partial charge in [0.15, 0.2) is 0 Å². The Hall–Kier alpha value is -1.97. The van der Waals surface area contributed by atoms with Crippen LogP contribution in [-0.2, 0) is 0 Å². The van der Waals surface area contributed by atoms with Gasteiger partial charge in [0.25, 0.3) is 0 Å². The van der Waals surface area contributed by atoms with Gasteiger partial charge in [0, 0.05) is 24.1 Å². The van der Waals surface area contributed by atoms with Crippen LogP contribution in [0.5, 0.6) is 5.75 Å². The van der Waals surface area contributed by atoms with Gasteiger partial charge in [-0.1, -0.05) is 0 Å². The molecule has 18 heavy (non-hydrogen) atoms. The fraction of sp³-hybridized carbons (Fsp3) is 0.357. The van der Waals surface area contributed by atoms with Gasteiger partial charge in [0.2, 0.25) is 5.95 Å². The zero-order valence-corrected chi connectivity index (χ0v) is 10.7. The summed E-state index contributed by atoms with van der Waals surface area (Å²) >= 11 is 0. The molecule has 1 aromatic heterocycles. The van der Waals surface area contributed by atoms with Crippen LogP contribution < -0.4 is 10.1 Å². The van der Waals surface area contributed by atoms with E-state index < -0.39 is 0 Å². The third-order valence-electron chi connectivity index (χ3n) is 3.21. The number of aryl methyl sites for hydroxylation is 1. The minimum Gasteiger partial charge on any atom is -0.496 e. The second kappa shape index (κ2) is 4.37. The van der Waals surface area contributed by atoms with Gasteiger partial charge in [-0.2, -0.15) is 0 Å². The summed E-state index contributed by atoms with van der Waals surface area (Å²) < 4.78 is 7.36. The van der Waals surface area contributed by atoms with Crippen LogP contribution in [0.4, 0.5) is 5.95 Å². The molecule has 0 amide bonds. The molecule has 0 aliphatic heterocycles. The van der Waals surface area contributed by atoms with Crippen LogP contribution in [0.3, 0.4) is 0 Å². The van der Waals surface area contributed by atoms with Crippen LogP contribution in [0.15, 0.2) is 30.6 Å². The number of methoxy groups -OCH3 is 1. The van der Waals surface area contributed by atoms with Gasteiger partial charge >= 0.3 is 0 Å². The Morgan fingerprint density at radius 3 is 2.89 bits per heavy atom. The van der Waals surface area contributed by atoms with Crippen LogP contribution in [0, 0.1) is 6.92 Å². The van der Waals surface area contributed by atoms with Crippen LogP contribution in [0.25, 0.3) is 5.69 Å². The minimum absolute atomic E-state index is 0.602. The lowest BCUT2D eigenvalue weighted by Crippen LogP contribution is -2.07. The largest absolute Gasteiger partial charge is 0.496 e. The summed E-state index contributed by atoms with van der Waals surface area (Å²) in [7, 11) is 1.69. The second-order valence-corrected chi connectivity index (χ2v) is 4.69. The van der Waals surface area contributed by atoms with Crippen molar-refractivity contribution >= 4 is 5.95 Å². The molecular formula is C14H17N3O. The van der Waals surface area contributed by atoms with E-state index in [-0.39, 0.29) is 0 Å². The molecule has 0 unspecified atom stereocenters. The first kappa shape index (κ1) is 11.1. The molecule has 1 fully saturated rings. The Kier molecular flexibility index (Phi) is 2.70. The van der Waals surface area contributed by atoms with Crippen LogP contribution in [-0.4, -0.2) is 22.7 Å². The molecule has 1 aromatic carbocycles. The summed E-state index contributed by atoms with van der Waals surface area (Å²) in [5.41, 5.74) is 2.23. The molecule has 94 valence electrons. The number of nitrogens with one attached hydrogen (secondary N) is 1. The maximum atomic E-state index is 5.28. The lowest BCUT2D eigenvalue weighted by molar-refractivity contribution is 0.411. The second-order valence-electron chi connectivity index (χ2n) is 4.69. The van der Waals surface area contributed by atoms with Gasteiger partial charge in [0.05, 0.1) is 7.11 Å². The Morgan fingerprint density at radius 2 is 2.22 bits per heavy atom. The van der Waals surface area contributed by atoms with E-state index in [2.05, 4.69) is 20.9 Å². The molecule has 0 spiro atoms. The molecule has 0 bridgehead atoms. The van der Waals surface area contributed by atoms with Crippen molar-refractivity contribution in [2.24, 2.45) is 0 Å². The van der Waals surface area contributed by atoms with E-state index in [1.54, 1.807) is 7.11 Å². The van der Waals surface area contributed by atoms with Crippen molar-refractivity contribution in [1.82, 2.24) is 9.55 Å². The zero-order valence-electron chi connectivity index (χ0n) is 10.7.